The van der Waals surface area contributed by atoms with E-state index in [1.54, 1.807) is 6.07 Å². The van der Waals surface area contributed by atoms with Crippen molar-refractivity contribution in [1.29, 1.82) is 0 Å². The summed E-state index contributed by atoms with van der Waals surface area (Å²) in [5.74, 6) is -0.686. The van der Waals surface area contributed by atoms with Gasteiger partial charge in [0.2, 0.25) is 0 Å². The zero-order valence-corrected chi connectivity index (χ0v) is 12.5. The van der Waals surface area contributed by atoms with Gasteiger partial charge in [-0.2, -0.15) is 5.10 Å². The molecule has 0 amide bonds. The molecular formula is C16H21N3O2. The van der Waals surface area contributed by atoms with Crippen LogP contribution in [0, 0.1) is 0 Å². The summed E-state index contributed by atoms with van der Waals surface area (Å²) >= 11 is 0. The van der Waals surface area contributed by atoms with E-state index < -0.39 is 5.97 Å². The first-order chi connectivity index (χ1) is 10.1. The van der Waals surface area contributed by atoms with Crippen LogP contribution < -0.4 is 0 Å². The Morgan fingerprint density at radius 2 is 2.00 bits per heavy atom. The number of carboxylic acid groups (broad SMARTS) is 1. The molecule has 1 fully saturated rings. The average Bonchev–Trinajstić information content (AvgIpc) is 2.87. The van der Waals surface area contributed by atoms with Gasteiger partial charge in [0.1, 0.15) is 0 Å². The largest absolute Gasteiger partial charge is 0.477 e. The maximum Gasteiger partial charge on any atom is 0.354 e. The zero-order valence-electron chi connectivity index (χ0n) is 12.5. The van der Waals surface area contributed by atoms with E-state index in [-0.39, 0.29) is 5.69 Å². The van der Waals surface area contributed by atoms with Gasteiger partial charge in [0, 0.05) is 5.39 Å². The Bertz CT molecular complexity index is 669. The molecule has 1 aliphatic rings. The Kier molecular flexibility index (Phi) is 3.66. The minimum atomic E-state index is -0.987. The van der Waals surface area contributed by atoms with Crippen LogP contribution in [0.1, 0.15) is 74.1 Å². The molecule has 2 heterocycles. The lowest BCUT2D eigenvalue weighted by Crippen LogP contribution is -2.15. The van der Waals surface area contributed by atoms with Gasteiger partial charge in [-0.25, -0.2) is 14.5 Å². The highest BCUT2D eigenvalue weighted by atomic mass is 16.4. The third kappa shape index (κ3) is 2.52. The molecule has 5 heteroatoms. The van der Waals surface area contributed by atoms with Gasteiger partial charge in [-0.15, -0.1) is 0 Å². The Hall–Kier alpha value is -1.91. The summed E-state index contributed by atoms with van der Waals surface area (Å²) in [6.45, 7) is 4.22. The number of carbonyl (C=O) groups is 1. The third-order valence-corrected chi connectivity index (χ3v) is 4.27. The lowest BCUT2D eigenvalue weighted by atomic mass is 9.96. The van der Waals surface area contributed by atoms with Crippen LogP contribution in [0.15, 0.2) is 12.1 Å². The van der Waals surface area contributed by atoms with Crippen LogP contribution in [-0.4, -0.2) is 25.8 Å². The number of hydrogen-bond acceptors (Lipinski definition) is 3. The Morgan fingerprint density at radius 3 is 2.62 bits per heavy atom. The molecule has 0 aromatic carbocycles. The second kappa shape index (κ2) is 5.47. The molecule has 2 aromatic heterocycles. The van der Waals surface area contributed by atoms with Crippen LogP contribution in [-0.2, 0) is 0 Å². The molecule has 0 spiro atoms. The summed E-state index contributed by atoms with van der Waals surface area (Å²) in [6, 6.07) is 3.78. The molecule has 0 radical (unpaired) electrons. The molecule has 112 valence electrons. The Balaban J connectivity index is 2.16. The summed E-state index contributed by atoms with van der Waals surface area (Å²) in [4.78, 5) is 15.5. The molecule has 21 heavy (non-hydrogen) atoms. The number of carboxylic acids is 1. The molecule has 0 saturated heterocycles. The molecule has 5 nitrogen and oxygen atoms in total. The van der Waals surface area contributed by atoms with Gasteiger partial charge in [0.15, 0.2) is 11.3 Å². The van der Waals surface area contributed by atoms with Gasteiger partial charge in [0.25, 0.3) is 0 Å². The summed E-state index contributed by atoms with van der Waals surface area (Å²) in [7, 11) is 0. The van der Waals surface area contributed by atoms with Crippen molar-refractivity contribution in [2.75, 3.05) is 0 Å². The number of rotatable bonds is 3. The van der Waals surface area contributed by atoms with Crippen LogP contribution >= 0.6 is 0 Å². The van der Waals surface area contributed by atoms with E-state index in [1.807, 2.05) is 10.7 Å². The highest BCUT2D eigenvalue weighted by molar-refractivity contribution is 5.89. The first kappa shape index (κ1) is 14.0. The first-order valence-electron chi connectivity index (χ1n) is 7.70. The summed E-state index contributed by atoms with van der Waals surface area (Å²) < 4.78 is 1.98. The summed E-state index contributed by atoms with van der Waals surface area (Å²) in [5, 5.41) is 14.9. The smallest absolute Gasteiger partial charge is 0.354 e. The van der Waals surface area contributed by atoms with Crippen LogP contribution in [0.4, 0.5) is 0 Å². The predicted molar refractivity (Wildman–Crippen MR) is 80.7 cm³/mol. The SMILES string of the molecule is CC(C)c1nn(C2CCCCC2)c2nc(C(=O)O)ccc12. The molecule has 2 aromatic rings. The molecule has 3 rings (SSSR count). The standard InChI is InChI=1S/C16H21N3O2/c1-10(2)14-12-8-9-13(16(20)21)17-15(12)19(18-14)11-6-4-3-5-7-11/h8-11H,3-7H2,1-2H3,(H,20,21). The van der Waals surface area contributed by atoms with Crippen molar-refractivity contribution in [3.63, 3.8) is 0 Å². The Labute approximate surface area is 124 Å². The lowest BCUT2D eigenvalue weighted by molar-refractivity contribution is 0.0691. The fraction of sp³-hybridized carbons (Fsp3) is 0.562. The lowest BCUT2D eigenvalue weighted by Gasteiger charge is -2.22. The van der Waals surface area contributed by atoms with Crippen molar-refractivity contribution in [3.8, 4) is 0 Å². The minimum Gasteiger partial charge on any atom is -0.477 e. The zero-order chi connectivity index (χ0) is 15.0. The van der Waals surface area contributed by atoms with Crippen molar-refractivity contribution in [2.24, 2.45) is 0 Å². The molecular weight excluding hydrogens is 266 g/mol. The van der Waals surface area contributed by atoms with Gasteiger partial charge in [0.05, 0.1) is 11.7 Å². The highest BCUT2D eigenvalue weighted by Gasteiger charge is 2.23. The van der Waals surface area contributed by atoms with Crippen LogP contribution in [0.3, 0.4) is 0 Å². The summed E-state index contributed by atoms with van der Waals surface area (Å²) in [5.41, 5.74) is 1.83. The maximum absolute atomic E-state index is 11.2. The fourth-order valence-corrected chi connectivity index (χ4v) is 3.17. The minimum absolute atomic E-state index is 0.0924. The van der Waals surface area contributed by atoms with Crippen LogP contribution in [0.25, 0.3) is 11.0 Å². The fourth-order valence-electron chi connectivity index (χ4n) is 3.17. The van der Waals surface area contributed by atoms with E-state index in [0.717, 1.165) is 29.6 Å². The van der Waals surface area contributed by atoms with E-state index in [0.29, 0.717) is 12.0 Å². The molecule has 1 saturated carbocycles. The quantitative estimate of drug-likeness (QED) is 0.933. The van der Waals surface area contributed by atoms with E-state index in [9.17, 15) is 4.79 Å². The molecule has 0 unspecified atom stereocenters. The van der Waals surface area contributed by atoms with Gasteiger partial charge >= 0.3 is 5.97 Å². The maximum atomic E-state index is 11.2. The van der Waals surface area contributed by atoms with Crippen molar-refractivity contribution in [2.45, 2.75) is 57.9 Å². The molecule has 1 N–H and O–H groups in total. The van der Waals surface area contributed by atoms with Crippen molar-refractivity contribution in [1.82, 2.24) is 14.8 Å². The highest BCUT2D eigenvalue weighted by Crippen LogP contribution is 2.32. The summed E-state index contributed by atoms with van der Waals surface area (Å²) in [6.07, 6.45) is 5.91. The van der Waals surface area contributed by atoms with Crippen molar-refractivity contribution in [3.05, 3.63) is 23.5 Å². The molecule has 0 bridgehead atoms. The topological polar surface area (TPSA) is 68.0 Å². The number of pyridine rings is 1. The Morgan fingerprint density at radius 1 is 1.29 bits per heavy atom. The van der Waals surface area contributed by atoms with E-state index in [1.165, 1.54) is 19.3 Å². The van der Waals surface area contributed by atoms with Crippen molar-refractivity contribution >= 4 is 17.0 Å². The van der Waals surface area contributed by atoms with Crippen molar-refractivity contribution < 1.29 is 9.90 Å². The van der Waals surface area contributed by atoms with Crippen LogP contribution in [0.5, 0.6) is 0 Å². The second-order valence-electron chi connectivity index (χ2n) is 6.15. The second-order valence-corrected chi connectivity index (χ2v) is 6.15. The molecule has 1 aliphatic carbocycles. The van der Waals surface area contributed by atoms with E-state index >= 15 is 0 Å². The van der Waals surface area contributed by atoms with Gasteiger partial charge in [-0.3, -0.25) is 0 Å². The number of aromatic carboxylic acids is 1. The van der Waals surface area contributed by atoms with E-state index in [2.05, 4.69) is 18.8 Å². The predicted octanol–water partition coefficient (Wildman–Crippen LogP) is 3.76. The number of fused-ring (bicyclic) bond motifs is 1. The van der Waals surface area contributed by atoms with Crippen LogP contribution in [0.2, 0.25) is 0 Å². The molecule has 0 aliphatic heterocycles. The molecule has 0 atom stereocenters. The number of hydrogen-bond donors (Lipinski definition) is 1. The number of aromatic nitrogens is 3. The monoisotopic (exact) mass is 287 g/mol. The average molecular weight is 287 g/mol. The number of nitrogens with zero attached hydrogens (tertiary/aromatic N) is 3. The van der Waals surface area contributed by atoms with Gasteiger partial charge in [-0.1, -0.05) is 33.1 Å². The normalized spacial score (nSPS) is 16.7. The third-order valence-electron chi connectivity index (χ3n) is 4.27. The van der Waals surface area contributed by atoms with E-state index in [4.69, 9.17) is 10.2 Å². The first-order valence-corrected chi connectivity index (χ1v) is 7.70. The van der Waals surface area contributed by atoms with Gasteiger partial charge in [-0.05, 0) is 30.9 Å². The van der Waals surface area contributed by atoms with Gasteiger partial charge < -0.3 is 5.11 Å².